The highest BCUT2D eigenvalue weighted by molar-refractivity contribution is 5.93. The van der Waals surface area contributed by atoms with Crippen molar-refractivity contribution in [3.05, 3.63) is 11.9 Å². The molecule has 16 heavy (non-hydrogen) atoms. The fourth-order valence-corrected chi connectivity index (χ4v) is 1.45. The third-order valence-electron chi connectivity index (χ3n) is 2.58. The summed E-state index contributed by atoms with van der Waals surface area (Å²) in [7, 11) is 0. The molecule has 1 aliphatic carbocycles. The second-order valence-corrected chi connectivity index (χ2v) is 4.04. The molecule has 2 rings (SSSR count). The lowest BCUT2D eigenvalue weighted by Gasteiger charge is -2.00. The first-order chi connectivity index (χ1) is 7.65. The average Bonchev–Trinajstić information content (AvgIpc) is 2.95. The summed E-state index contributed by atoms with van der Waals surface area (Å²) in [6.07, 6.45) is 5.20. The molecule has 0 bridgehead atoms. The molecule has 0 aromatic carbocycles. The molecule has 1 heterocycles. The Morgan fingerprint density at radius 2 is 2.31 bits per heavy atom. The fraction of sp³-hybridized carbons (Fsp3) is 0.500. The summed E-state index contributed by atoms with van der Waals surface area (Å²) in [5.74, 6) is 0.321. The van der Waals surface area contributed by atoms with Gasteiger partial charge in [-0.1, -0.05) is 12.8 Å². The lowest BCUT2D eigenvalue weighted by atomic mass is 10.2. The number of imidazole rings is 1. The van der Waals surface area contributed by atoms with Crippen LogP contribution >= 0.6 is 0 Å². The van der Waals surface area contributed by atoms with Gasteiger partial charge in [-0.05, 0) is 12.3 Å². The number of hydrogen-bond acceptors (Lipinski definition) is 3. The molecule has 0 unspecified atom stereocenters. The van der Waals surface area contributed by atoms with Crippen molar-refractivity contribution in [2.45, 2.75) is 25.7 Å². The normalized spacial score (nSPS) is 14.8. The highest BCUT2D eigenvalue weighted by atomic mass is 16.2. The van der Waals surface area contributed by atoms with Gasteiger partial charge in [-0.15, -0.1) is 0 Å². The van der Waals surface area contributed by atoms with Gasteiger partial charge in [0.15, 0.2) is 0 Å². The van der Waals surface area contributed by atoms with Crippen LogP contribution in [0.2, 0.25) is 0 Å². The Kier molecular flexibility index (Phi) is 2.89. The number of aromatic nitrogens is 2. The van der Waals surface area contributed by atoms with Gasteiger partial charge in [0, 0.05) is 6.42 Å². The first kappa shape index (κ1) is 10.7. The van der Waals surface area contributed by atoms with Gasteiger partial charge in [0.05, 0.1) is 6.20 Å². The largest absolute Gasteiger partial charge is 0.364 e. The predicted octanol–water partition coefficient (Wildman–Crippen LogP) is 0.637. The zero-order valence-corrected chi connectivity index (χ0v) is 8.82. The monoisotopic (exact) mass is 222 g/mol. The van der Waals surface area contributed by atoms with Crippen molar-refractivity contribution in [2.24, 2.45) is 11.7 Å². The van der Waals surface area contributed by atoms with Crippen LogP contribution in [0.3, 0.4) is 0 Å². The van der Waals surface area contributed by atoms with Gasteiger partial charge in [0.1, 0.15) is 5.69 Å². The number of amides is 2. The molecule has 2 amide bonds. The SMILES string of the molecule is NC(=O)c1cnc(NC(=O)CCC2CC2)[nH]1. The van der Waals surface area contributed by atoms with E-state index < -0.39 is 5.91 Å². The van der Waals surface area contributed by atoms with Crippen LogP contribution in [0.1, 0.15) is 36.2 Å². The van der Waals surface area contributed by atoms with E-state index in [9.17, 15) is 9.59 Å². The summed E-state index contributed by atoms with van der Waals surface area (Å²) in [6.45, 7) is 0. The number of aromatic amines is 1. The Balaban J connectivity index is 1.82. The van der Waals surface area contributed by atoms with Crippen LogP contribution < -0.4 is 11.1 Å². The molecular formula is C10H14N4O2. The van der Waals surface area contributed by atoms with Crippen molar-refractivity contribution < 1.29 is 9.59 Å². The van der Waals surface area contributed by atoms with Crippen molar-refractivity contribution in [3.63, 3.8) is 0 Å². The Morgan fingerprint density at radius 3 is 2.88 bits per heavy atom. The lowest BCUT2D eigenvalue weighted by Crippen LogP contribution is -2.14. The number of nitrogens with one attached hydrogen (secondary N) is 2. The number of anilines is 1. The molecule has 1 saturated carbocycles. The Bertz CT molecular complexity index is 409. The third kappa shape index (κ3) is 2.82. The zero-order chi connectivity index (χ0) is 11.5. The van der Waals surface area contributed by atoms with E-state index in [0.717, 1.165) is 12.3 Å². The van der Waals surface area contributed by atoms with Gasteiger partial charge < -0.3 is 10.7 Å². The molecule has 0 radical (unpaired) electrons. The Hall–Kier alpha value is -1.85. The molecule has 0 saturated heterocycles. The number of carbonyl (C=O) groups excluding carboxylic acids is 2. The number of rotatable bonds is 5. The number of nitrogens with two attached hydrogens (primary N) is 1. The summed E-state index contributed by atoms with van der Waals surface area (Å²) in [5.41, 5.74) is 5.23. The smallest absolute Gasteiger partial charge is 0.266 e. The summed E-state index contributed by atoms with van der Waals surface area (Å²) in [6, 6.07) is 0. The van der Waals surface area contributed by atoms with E-state index in [-0.39, 0.29) is 17.5 Å². The second kappa shape index (κ2) is 4.34. The van der Waals surface area contributed by atoms with Crippen molar-refractivity contribution in [1.29, 1.82) is 0 Å². The van der Waals surface area contributed by atoms with E-state index in [4.69, 9.17) is 5.73 Å². The molecule has 1 fully saturated rings. The maximum Gasteiger partial charge on any atom is 0.266 e. The summed E-state index contributed by atoms with van der Waals surface area (Å²) in [4.78, 5) is 28.7. The fourth-order valence-electron chi connectivity index (χ4n) is 1.45. The van der Waals surface area contributed by atoms with Crippen LogP contribution in [0, 0.1) is 5.92 Å². The van der Waals surface area contributed by atoms with Crippen molar-refractivity contribution in [1.82, 2.24) is 9.97 Å². The standard InChI is InChI=1S/C10H14N4O2/c11-9(16)7-5-12-10(13-7)14-8(15)4-3-6-1-2-6/h5-6H,1-4H2,(H2,11,16)(H2,12,13,14,15). The molecule has 1 aromatic rings. The van der Waals surface area contributed by atoms with Gasteiger partial charge in [0.2, 0.25) is 11.9 Å². The number of nitrogens with zero attached hydrogens (tertiary/aromatic N) is 1. The highest BCUT2D eigenvalue weighted by Crippen LogP contribution is 2.33. The van der Waals surface area contributed by atoms with Crippen LogP contribution in [0.5, 0.6) is 0 Å². The number of primary amides is 1. The predicted molar refractivity (Wildman–Crippen MR) is 57.7 cm³/mol. The van der Waals surface area contributed by atoms with Gasteiger partial charge in [-0.3, -0.25) is 14.9 Å². The minimum atomic E-state index is -0.592. The van der Waals surface area contributed by atoms with E-state index in [1.807, 2.05) is 0 Å². The second-order valence-electron chi connectivity index (χ2n) is 4.04. The van der Waals surface area contributed by atoms with E-state index >= 15 is 0 Å². The quantitative estimate of drug-likeness (QED) is 0.681. The minimum absolute atomic E-state index is 0.0859. The number of hydrogen-bond donors (Lipinski definition) is 3. The summed E-state index contributed by atoms with van der Waals surface area (Å²) in [5, 5.41) is 2.59. The number of carbonyl (C=O) groups is 2. The van der Waals surface area contributed by atoms with E-state index in [0.29, 0.717) is 6.42 Å². The van der Waals surface area contributed by atoms with Gasteiger partial charge in [0.25, 0.3) is 5.91 Å². The molecule has 0 aliphatic heterocycles. The molecule has 86 valence electrons. The maximum atomic E-state index is 11.4. The molecule has 1 aromatic heterocycles. The minimum Gasteiger partial charge on any atom is -0.364 e. The molecule has 0 atom stereocenters. The molecular weight excluding hydrogens is 208 g/mol. The van der Waals surface area contributed by atoms with Crippen LogP contribution in [0.4, 0.5) is 5.95 Å². The molecule has 6 heteroatoms. The molecule has 4 N–H and O–H groups in total. The topological polar surface area (TPSA) is 101 Å². The van der Waals surface area contributed by atoms with Crippen LogP contribution in [0.15, 0.2) is 6.20 Å². The zero-order valence-electron chi connectivity index (χ0n) is 8.82. The highest BCUT2D eigenvalue weighted by Gasteiger charge is 2.22. The summed E-state index contributed by atoms with van der Waals surface area (Å²) >= 11 is 0. The van der Waals surface area contributed by atoms with E-state index in [1.54, 1.807) is 0 Å². The Labute approximate surface area is 92.6 Å². The van der Waals surface area contributed by atoms with E-state index in [1.165, 1.54) is 19.0 Å². The van der Waals surface area contributed by atoms with Crippen LogP contribution in [-0.4, -0.2) is 21.8 Å². The number of H-pyrrole nitrogens is 1. The third-order valence-corrected chi connectivity index (χ3v) is 2.58. The average molecular weight is 222 g/mol. The summed E-state index contributed by atoms with van der Waals surface area (Å²) < 4.78 is 0. The van der Waals surface area contributed by atoms with Crippen molar-refractivity contribution in [3.8, 4) is 0 Å². The first-order valence-electron chi connectivity index (χ1n) is 5.30. The van der Waals surface area contributed by atoms with Crippen molar-refractivity contribution >= 4 is 17.8 Å². The van der Waals surface area contributed by atoms with Gasteiger partial charge >= 0.3 is 0 Å². The van der Waals surface area contributed by atoms with Gasteiger partial charge in [-0.2, -0.15) is 0 Å². The van der Waals surface area contributed by atoms with E-state index in [2.05, 4.69) is 15.3 Å². The Morgan fingerprint density at radius 1 is 1.56 bits per heavy atom. The van der Waals surface area contributed by atoms with Gasteiger partial charge in [-0.25, -0.2) is 4.98 Å². The first-order valence-corrected chi connectivity index (χ1v) is 5.30. The molecule has 0 spiro atoms. The molecule has 1 aliphatic rings. The maximum absolute atomic E-state index is 11.4. The van der Waals surface area contributed by atoms with Crippen molar-refractivity contribution in [2.75, 3.05) is 5.32 Å². The lowest BCUT2D eigenvalue weighted by molar-refractivity contribution is -0.116. The molecule has 6 nitrogen and oxygen atoms in total. The van der Waals surface area contributed by atoms with Crippen LogP contribution in [0.25, 0.3) is 0 Å². The van der Waals surface area contributed by atoms with Crippen LogP contribution in [-0.2, 0) is 4.79 Å².